The van der Waals surface area contributed by atoms with E-state index in [0.29, 0.717) is 5.92 Å². The van der Waals surface area contributed by atoms with Crippen molar-refractivity contribution >= 4 is 6.29 Å². The minimum atomic E-state index is 0.530. The third kappa shape index (κ3) is 3.34. The van der Waals surface area contributed by atoms with Gasteiger partial charge in [0.05, 0.1) is 5.69 Å². The molecule has 2 nitrogen and oxygen atoms in total. The van der Waals surface area contributed by atoms with Gasteiger partial charge in [-0.25, -0.2) is 0 Å². The molecule has 0 bridgehead atoms. The number of rotatable bonds is 5. The second-order valence-corrected chi connectivity index (χ2v) is 5.53. The third-order valence-corrected chi connectivity index (χ3v) is 3.28. The van der Waals surface area contributed by atoms with E-state index in [2.05, 4.69) is 55.7 Å². The molecule has 0 aliphatic heterocycles. The molecule has 100 valence electrons. The molecule has 0 fully saturated rings. The molecule has 0 atom stereocenters. The van der Waals surface area contributed by atoms with Crippen molar-refractivity contribution < 1.29 is 4.79 Å². The van der Waals surface area contributed by atoms with Crippen molar-refractivity contribution in [2.75, 3.05) is 0 Å². The van der Waals surface area contributed by atoms with E-state index in [9.17, 15) is 4.79 Å². The Morgan fingerprint density at radius 1 is 1.11 bits per heavy atom. The number of aromatic nitrogens is 1. The van der Waals surface area contributed by atoms with Gasteiger partial charge < -0.3 is 4.57 Å². The van der Waals surface area contributed by atoms with E-state index in [4.69, 9.17) is 0 Å². The maximum Gasteiger partial charge on any atom is 0.166 e. The summed E-state index contributed by atoms with van der Waals surface area (Å²) in [5, 5.41) is 0. The van der Waals surface area contributed by atoms with Crippen LogP contribution in [-0.2, 0) is 13.0 Å². The van der Waals surface area contributed by atoms with Crippen LogP contribution in [0.1, 0.15) is 41.2 Å². The average molecular weight is 255 g/mol. The highest BCUT2D eigenvalue weighted by Gasteiger charge is 2.09. The minimum Gasteiger partial charge on any atom is -0.342 e. The Morgan fingerprint density at radius 2 is 1.79 bits per heavy atom. The minimum absolute atomic E-state index is 0.530. The highest BCUT2D eigenvalue weighted by atomic mass is 16.1. The molecule has 0 aliphatic rings. The molecule has 0 saturated carbocycles. The number of hydrogen-bond acceptors (Lipinski definition) is 1. The summed E-state index contributed by atoms with van der Waals surface area (Å²) in [6.07, 6.45) is 1.82. The van der Waals surface area contributed by atoms with Crippen molar-refractivity contribution in [3.63, 3.8) is 0 Å². The molecule has 0 N–H and O–H groups in total. The average Bonchev–Trinajstić information content (AvgIpc) is 2.74. The molecule has 2 aromatic rings. The lowest BCUT2D eigenvalue weighted by molar-refractivity contribution is 0.111. The number of benzene rings is 1. The van der Waals surface area contributed by atoms with Gasteiger partial charge in [-0.1, -0.05) is 43.7 Å². The molecule has 0 spiro atoms. The molecular formula is C17H21NO. The predicted molar refractivity (Wildman–Crippen MR) is 78.6 cm³/mol. The zero-order valence-electron chi connectivity index (χ0n) is 11.9. The quantitative estimate of drug-likeness (QED) is 0.744. The van der Waals surface area contributed by atoms with Crippen LogP contribution in [0.5, 0.6) is 0 Å². The molecule has 2 heteroatoms. The molecule has 0 saturated heterocycles. The fourth-order valence-electron chi connectivity index (χ4n) is 2.29. The molecule has 0 unspecified atom stereocenters. The van der Waals surface area contributed by atoms with Crippen LogP contribution in [-0.4, -0.2) is 10.9 Å². The maximum absolute atomic E-state index is 11.1. The first kappa shape index (κ1) is 13.6. The standard InChI is InChI=1S/C17H21NO/c1-13(2)11-18-16(8-9-17(18)12-19)10-15-6-4-14(3)5-7-15/h4-9,12-13H,10-11H2,1-3H3. The number of carbonyl (C=O) groups is 1. The molecule has 1 heterocycles. The van der Waals surface area contributed by atoms with Crippen LogP contribution in [0.2, 0.25) is 0 Å². The van der Waals surface area contributed by atoms with Gasteiger partial charge in [0.15, 0.2) is 6.29 Å². The summed E-state index contributed by atoms with van der Waals surface area (Å²) >= 11 is 0. The van der Waals surface area contributed by atoms with Gasteiger partial charge in [0.25, 0.3) is 0 Å². The van der Waals surface area contributed by atoms with Crippen LogP contribution in [0.3, 0.4) is 0 Å². The van der Waals surface area contributed by atoms with E-state index in [1.54, 1.807) is 0 Å². The summed E-state index contributed by atoms with van der Waals surface area (Å²) in [5.74, 6) is 0.530. The largest absolute Gasteiger partial charge is 0.342 e. The first-order valence-electron chi connectivity index (χ1n) is 6.79. The fraction of sp³-hybridized carbons (Fsp3) is 0.353. The normalized spacial score (nSPS) is 10.9. The van der Waals surface area contributed by atoms with Crippen molar-refractivity contribution in [3.8, 4) is 0 Å². The molecule has 0 aliphatic carbocycles. The number of aryl methyl sites for hydroxylation is 1. The Bertz CT molecular complexity index is 549. The van der Waals surface area contributed by atoms with Crippen LogP contribution in [0, 0.1) is 12.8 Å². The second-order valence-electron chi connectivity index (χ2n) is 5.53. The van der Waals surface area contributed by atoms with Crippen molar-refractivity contribution in [2.24, 2.45) is 5.92 Å². The van der Waals surface area contributed by atoms with E-state index < -0.39 is 0 Å². The number of carbonyl (C=O) groups excluding carboxylic acids is 1. The SMILES string of the molecule is Cc1ccc(Cc2ccc(C=O)n2CC(C)C)cc1. The molecule has 0 amide bonds. The maximum atomic E-state index is 11.1. The Labute approximate surface area is 115 Å². The van der Waals surface area contributed by atoms with E-state index in [-0.39, 0.29) is 0 Å². The zero-order valence-corrected chi connectivity index (χ0v) is 11.9. The van der Waals surface area contributed by atoms with Crippen molar-refractivity contribution in [1.29, 1.82) is 0 Å². The summed E-state index contributed by atoms with van der Waals surface area (Å²) < 4.78 is 2.14. The Hall–Kier alpha value is -1.83. The molecule has 19 heavy (non-hydrogen) atoms. The van der Waals surface area contributed by atoms with Gasteiger partial charge in [-0.05, 0) is 30.5 Å². The monoisotopic (exact) mass is 255 g/mol. The Kier molecular flexibility index (Phi) is 4.20. The van der Waals surface area contributed by atoms with Crippen LogP contribution in [0.25, 0.3) is 0 Å². The van der Waals surface area contributed by atoms with Gasteiger partial charge >= 0.3 is 0 Å². The van der Waals surface area contributed by atoms with Crippen LogP contribution in [0.15, 0.2) is 36.4 Å². The lowest BCUT2D eigenvalue weighted by atomic mass is 10.1. The molecule has 1 aromatic heterocycles. The molecule has 1 aromatic carbocycles. The van der Waals surface area contributed by atoms with Gasteiger partial charge in [-0.15, -0.1) is 0 Å². The topological polar surface area (TPSA) is 22.0 Å². The number of aldehydes is 1. The first-order chi connectivity index (χ1) is 9.10. The lowest BCUT2D eigenvalue weighted by Crippen LogP contribution is -2.11. The van der Waals surface area contributed by atoms with Gasteiger partial charge in [0.2, 0.25) is 0 Å². The molecule has 2 rings (SSSR count). The first-order valence-corrected chi connectivity index (χ1v) is 6.79. The van der Waals surface area contributed by atoms with Gasteiger partial charge in [0.1, 0.15) is 0 Å². The van der Waals surface area contributed by atoms with E-state index in [1.165, 1.54) is 16.8 Å². The summed E-state index contributed by atoms with van der Waals surface area (Å²) in [7, 11) is 0. The Morgan fingerprint density at radius 3 is 2.37 bits per heavy atom. The second kappa shape index (κ2) is 5.87. The van der Waals surface area contributed by atoms with E-state index in [1.807, 2.05) is 6.07 Å². The smallest absolute Gasteiger partial charge is 0.166 e. The predicted octanol–water partition coefficient (Wildman–Crippen LogP) is 3.86. The highest BCUT2D eigenvalue weighted by molar-refractivity contribution is 5.72. The summed E-state index contributed by atoms with van der Waals surface area (Å²) in [5.41, 5.74) is 4.54. The lowest BCUT2D eigenvalue weighted by Gasteiger charge is -2.13. The van der Waals surface area contributed by atoms with Gasteiger partial charge in [-0.3, -0.25) is 4.79 Å². The van der Waals surface area contributed by atoms with E-state index in [0.717, 1.165) is 24.9 Å². The van der Waals surface area contributed by atoms with E-state index >= 15 is 0 Å². The molecule has 0 radical (unpaired) electrons. The Balaban J connectivity index is 2.26. The van der Waals surface area contributed by atoms with Crippen molar-refractivity contribution in [1.82, 2.24) is 4.57 Å². The third-order valence-electron chi connectivity index (χ3n) is 3.28. The highest BCUT2D eigenvalue weighted by Crippen LogP contribution is 2.16. The van der Waals surface area contributed by atoms with Crippen LogP contribution < -0.4 is 0 Å². The summed E-state index contributed by atoms with van der Waals surface area (Å²) in [4.78, 5) is 11.1. The van der Waals surface area contributed by atoms with Crippen LogP contribution in [0.4, 0.5) is 0 Å². The zero-order chi connectivity index (χ0) is 13.8. The fourth-order valence-corrected chi connectivity index (χ4v) is 2.29. The summed E-state index contributed by atoms with van der Waals surface area (Å²) in [6.45, 7) is 7.33. The summed E-state index contributed by atoms with van der Waals surface area (Å²) in [6, 6.07) is 12.5. The molecular weight excluding hydrogens is 234 g/mol. The van der Waals surface area contributed by atoms with Gasteiger partial charge in [0, 0.05) is 18.7 Å². The van der Waals surface area contributed by atoms with Gasteiger partial charge in [-0.2, -0.15) is 0 Å². The van der Waals surface area contributed by atoms with Crippen molar-refractivity contribution in [3.05, 3.63) is 58.9 Å². The number of hydrogen-bond donors (Lipinski definition) is 0. The van der Waals surface area contributed by atoms with Crippen LogP contribution >= 0.6 is 0 Å². The van der Waals surface area contributed by atoms with Crippen molar-refractivity contribution in [2.45, 2.75) is 33.7 Å². The number of nitrogens with zero attached hydrogens (tertiary/aromatic N) is 1.